The van der Waals surface area contributed by atoms with Crippen LogP contribution in [-0.4, -0.2) is 43.8 Å². The molecule has 216 valence electrons. The number of halogens is 3. The van der Waals surface area contributed by atoms with E-state index in [1.165, 1.54) is 47.4 Å². The van der Waals surface area contributed by atoms with Crippen LogP contribution in [0.1, 0.15) is 23.1 Å². The van der Waals surface area contributed by atoms with Gasteiger partial charge >= 0.3 is 6.09 Å². The van der Waals surface area contributed by atoms with Gasteiger partial charge in [0.1, 0.15) is 23.2 Å². The van der Waals surface area contributed by atoms with Gasteiger partial charge in [0.25, 0.3) is 0 Å². The van der Waals surface area contributed by atoms with Gasteiger partial charge in [-0.25, -0.2) is 18.0 Å². The number of morpholine rings is 1. The maximum Gasteiger partial charge on any atom is 0.409 e. The molecule has 1 fully saturated rings. The topological polar surface area (TPSA) is 120 Å². The van der Waals surface area contributed by atoms with Crippen molar-refractivity contribution in [1.82, 2.24) is 5.32 Å². The van der Waals surface area contributed by atoms with Crippen molar-refractivity contribution < 1.29 is 32.2 Å². The SMILES string of the molecule is C=C(OC(N)=O)[C@@H]1CO[C@H](CCc2c(F)cccc2N(C(=O)CN)c2cc(F)ccc2Cc2ccc(F)cc2)CN1. The maximum atomic E-state index is 15.3. The highest BCUT2D eigenvalue weighted by atomic mass is 19.1. The Hall–Kier alpha value is -4.19. The molecule has 0 saturated carbocycles. The number of primary amides is 1. The van der Waals surface area contributed by atoms with Gasteiger partial charge < -0.3 is 26.3 Å². The largest absolute Gasteiger partial charge is 0.414 e. The standard InChI is InChI=1S/C30H31F3N4O4/c1-18(41-30(35)39)26-17-40-23(16-36-26)11-12-24-25(33)3-2-4-27(24)37(29(38)15-34)28-14-22(32)10-7-20(28)13-19-5-8-21(31)9-6-19/h2-10,14,23,26,36H,1,11-13,15-17,34H2,(H2,35,39)/t23-,26+/m1/s1. The van der Waals surface area contributed by atoms with E-state index in [2.05, 4.69) is 11.9 Å². The van der Waals surface area contributed by atoms with Crippen LogP contribution in [-0.2, 0) is 27.1 Å². The first kappa shape index (κ1) is 29.8. The summed E-state index contributed by atoms with van der Waals surface area (Å²) in [5, 5.41) is 3.16. The lowest BCUT2D eigenvalue weighted by Gasteiger charge is -2.31. The van der Waals surface area contributed by atoms with Crippen molar-refractivity contribution in [3.8, 4) is 0 Å². The summed E-state index contributed by atoms with van der Waals surface area (Å²) in [5.74, 6) is -1.95. The van der Waals surface area contributed by atoms with Crippen LogP contribution in [0.5, 0.6) is 0 Å². The molecule has 4 rings (SSSR count). The molecule has 2 amide bonds. The van der Waals surface area contributed by atoms with Gasteiger partial charge in [-0.15, -0.1) is 0 Å². The van der Waals surface area contributed by atoms with Crippen molar-refractivity contribution in [2.24, 2.45) is 11.5 Å². The molecule has 3 aromatic carbocycles. The summed E-state index contributed by atoms with van der Waals surface area (Å²) in [5.41, 5.74) is 12.8. The van der Waals surface area contributed by atoms with E-state index < -0.39 is 42.0 Å². The number of amides is 2. The molecule has 11 heteroatoms. The van der Waals surface area contributed by atoms with Crippen molar-refractivity contribution in [2.45, 2.75) is 31.4 Å². The molecule has 0 unspecified atom stereocenters. The van der Waals surface area contributed by atoms with Crippen LogP contribution in [0, 0.1) is 17.5 Å². The fraction of sp³-hybridized carbons (Fsp3) is 0.267. The van der Waals surface area contributed by atoms with Crippen LogP contribution in [0.15, 0.2) is 73.0 Å². The minimum Gasteiger partial charge on any atom is -0.414 e. The molecule has 3 aromatic rings. The molecule has 8 nitrogen and oxygen atoms in total. The quantitative estimate of drug-likeness (QED) is 0.315. The average Bonchev–Trinajstić information content (AvgIpc) is 2.95. The highest BCUT2D eigenvalue weighted by Gasteiger charge is 2.28. The summed E-state index contributed by atoms with van der Waals surface area (Å²) < 4.78 is 54.0. The summed E-state index contributed by atoms with van der Waals surface area (Å²) >= 11 is 0. The number of nitrogens with two attached hydrogens (primary N) is 2. The first-order chi connectivity index (χ1) is 19.7. The number of anilines is 2. The third-order valence-corrected chi connectivity index (χ3v) is 6.78. The van der Waals surface area contributed by atoms with Gasteiger partial charge in [0.15, 0.2) is 0 Å². The lowest BCUT2D eigenvalue weighted by atomic mass is 9.99. The molecule has 2 atom stereocenters. The van der Waals surface area contributed by atoms with Crippen LogP contribution < -0.4 is 21.7 Å². The second-order valence-corrected chi connectivity index (χ2v) is 9.59. The zero-order chi connectivity index (χ0) is 29.5. The molecule has 1 saturated heterocycles. The zero-order valence-corrected chi connectivity index (χ0v) is 22.2. The Bertz CT molecular complexity index is 1410. The predicted molar refractivity (Wildman–Crippen MR) is 148 cm³/mol. The number of carbonyl (C=O) groups is 2. The normalized spacial score (nSPS) is 16.7. The Morgan fingerprint density at radius 1 is 1.05 bits per heavy atom. The molecule has 41 heavy (non-hydrogen) atoms. The molecule has 1 aliphatic rings. The summed E-state index contributed by atoms with van der Waals surface area (Å²) in [4.78, 5) is 25.5. The van der Waals surface area contributed by atoms with Gasteiger partial charge in [0.05, 0.1) is 36.7 Å². The smallest absolute Gasteiger partial charge is 0.409 e. The Labute approximate surface area is 235 Å². The van der Waals surface area contributed by atoms with Gasteiger partial charge in [0.2, 0.25) is 5.91 Å². The predicted octanol–water partition coefficient (Wildman–Crippen LogP) is 4.22. The number of hydrogen-bond acceptors (Lipinski definition) is 6. The third-order valence-electron chi connectivity index (χ3n) is 6.78. The van der Waals surface area contributed by atoms with Crippen LogP contribution in [0.2, 0.25) is 0 Å². The first-order valence-corrected chi connectivity index (χ1v) is 13.0. The summed E-state index contributed by atoms with van der Waals surface area (Å²) in [7, 11) is 0. The highest BCUT2D eigenvalue weighted by molar-refractivity contribution is 6.03. The number of carbonyl (C=O) groups excluding carboxylic acids is 2. The summed E-state index contributed by atoms with van der Waals surface area (Å²) in [6.45, 7) is 3.79. The molecule has 0 bridgehead atoms. The Balaban J connectivity index is 1.60. The van der Waals surface area contributed by atoms with E-state index in [1.54, 1.807) is 18.2 Å². The third kappa shape index (κ3) is 7.51. The Morgan fingerprint density at radius 3 is 2.44 bits per heavy atom. The molecular weight excluding hydrogens is 537 g/mol. The van der Waals surface area contributed by atoms with Crippen LogP contribution >= 0.6 is 0 Å². The van der Waals surface area contributed by atoms with Gasteiger partial charge in [-0.1, -0.05) is 30.8 Å². The number of nitrogens with zero attached hydrogens (tertiary/aromatic N) is 1. The lowest BCUT2D eigenvalue weighted by Crippen LogP contribution is -2.48. The number of benzene rings is 3. The van der Waals surface area contributed by atoms with Crippen LogP contribution in [0.4, 0.5) is 29.3 Å². The van der Waals surface area contributed by atoms with Crippen molar-refractivity contribution in [2.75, 3.05) is 24.6 Å². The van der Waals surface area contributed by atoms with E-state index in [-0.39, 0.29) is 48.2 Å². The van der Waals surface area contributed by atoms with E-state index in [4.69, 9.17) is 20.9 Å². The lowest BCUT2D eigenvalue weighted by molar-refractivity contribution is -0.116. The summed E-state index contributed by atoms with van der Waals surface area (Å²) in [6, 6.07) is 13.7. The second-order valence-electron chi connectivity index (χ2n) is 9.59. The van der Waals surface area contributed by atoms with Gasteiger partial charge in [0, 0.05) is 12.1 Å². The molecule has 0 aliphatic carbocycles. The molecule has 0 spiro atoms. The number of hydrogen-bond donors (Lipinski definition) is 3. The molecule has 5 N–H and O–H groups in total. The maximum absolute atomic E-state index is 15.3. The summed E-state index contributed by atoms with van der Waals surface area (Å²) in [6.07, 6.45) is -0.451. The highest BCUT2D eigenvalue weighted by Crippen LogP contribution is 2.35. The number of rotatable bonds is 10. The molecular formula is C30H31F3N4O4. The van der Waals surface area contributed by atoms with Crippen LogP contribution in [0.25, 0.3) is 0 Å². The van der Waals surface area contributed by atoms with E-state index in [0.717, 1.165) is 5.56 Å². The molecule has 1 aliphatic heterocycles. The molecule has 0 radical (unpaired) electrons. The van der Waals surface area contributed by atoms with Crippen molar-refractivity contribution in [3.05, 3.63) is 107 Å². The van der Waals surface area contributed by atoms with E-state index in [0.29, 0.717) is 18.5 Å². The number of ether oxygens (including phenoxy) is 2. The number of nitrogens with one attached hydrogen (secondary N) is 1. The zero-order valence-electron chi connectivity index (χ0n) is 22.2. The van der Waals surface area contributed by atoms with Gasteiger partial charge in [-0.3, -0.25) is 9.69 Å². The Kier molecular flexibility index (Phi) is 9.77. The second kappa shape index (κ2) is 13.4. The first-order valence-electron chi connectivity index (χ1n) is 13.0. The Morgan fingerprint density at radius 2 is 1.78 bits per heavy atom. The molecule has 0 aromatic heterocycles. The van der Waals surface area contributed by atoms with Crippen LogP contribution in [0.3, 0.4) is 0 Å². The van der Waals surface area contributed by atoms with E-state index >= 15 is 4.39 Å². The van der Waals surface area contributed by atoms with Gasteiger partial charge in [-0.2, -0.15) is 0 Å². The van der Waals surface area contributed by atoms with Crippen molar-refractivity contribution in [1.29, 1.82) is 0 Å². The average molecular weight is 569 g/mol. The monoisotopic (exact) mass is 568 g/mol. The van der Waals surface area contributed by atoms with E-state index in [1.807, 2.05) is 0 Å². The minimum absolute atomic E-state index is 0.134. The van der Waals surface area contributed by atoms with Crippen molar-refractivity contribution >= 4 is 23.4 Å². The van der Waals surface area contributed by atoms with Crippen molar-refractivity contribution in [3.63, 3.8) is 0 Å². The fourth-order valence-corrected chi connectivity index (χ4v) is 4.73. The minimum atomic E-state index is -0.971. The van der Waals surface area contributed by atoms with E-state index in [9.17, 15) is 18.4 Å². The van der Waals surface area contributed by atoms with Gasteiger partial charge in [-0.05, 0) is 66.8 Å². The fourth-order valence-electron chi connectivity index (χ4n) is 4.73. The molecule has 1 heterocycles.